The fourth-order valence-corrected chi connectivity index (χ4v) is 3.84. The second-order valence-electron chi connectivity index (χ2n) is 8.03. The lowest BCUT2D eigenvalue weighted by Gasteiger charge is -2.13. The second-order valence-corrected chi connectivity index (χ2v) is 8.03. The molecule has 1 N–H and O–H groups in total. The number of aromatic nitrogens is 3. The van der Waals surface area contributed by atoms with Crippen LogP contribution >= 0.6 is 0 Å². The van der Waals surface area contributed by atoms with Crippen molar-refractivity contribution in [3.63, 3.8) is 0 Å². The maximum atomic E-state index is 12.8. The van der Waals surface area contributed by atoms with Gasteiger partial charge in [0, 0.05) is 23.8 Å². The van der Waals surface area contributed by atoms with Gasteiger partial charge in [-0.3, -0.25) is 9.59 Å². The van der Waals surface area contributed by atoms with Gasteiger partial charge in [0.2, 0.25) is 5.91 Å². The first-order valence-corrected chi connectivity index (χ1v) is 11.5. The SMILES string of the molecule is CCOC(=O)c1cnn(-c2cc(C)c3cccc(OC)c3n2)c1NC(=O)CCC(=O)c1ccccc1. The molecule has 0 atom stereocenters. The number of para-hydroxylation sites is 1. The van der Waals surface area contributed by atoms with Crippen molar-refractivity contribution in [2.75, 3.05) is 19.0 Å². The highest BCUT2D eigenvalue weighted by molar-refractivity contribution is 6.03. The zero-order valence-corrected chi connectivity index (χ0v) is 20.3. The smallest absolute Gasteiger partial charge is 0.343 e. The van der Waals surface area contributed by atoms with E-state index in [1.54, 1.807) is 50.4 Å². The number of esters is 1. The molecule has 2 aromatic heterocycles. The maximum Gasteiger partial charge on any atom is 0.343 e. The largest absolute Gasteiger partial charge is 0.494 e. The third kappa shape index (κ3) is 5.10. The number of hydrogen-bond acceptors (Lipinski definition) is 7. The van der Waals surface area contributed by atoms with Crippen LogP contribution in [0.15, 0.2) is 60.8 Å². The Balaban J connectivity index is 1.67. The first-order chi connectivity index (χ1) is 17.4. The molecule has 2 heterocycles. The molecule has 4 rings (SSSR count). The molecule has 0 aliphatic heterocycles. The number of nitrogens with one attached hydrogen (secondary N) is 1. The van der Waals surface area contributed by atoms with Crippen molar-refractivity contribution in [2.45, 2.75) is 26.7 Å². The van der Waals surface area contributed by atoms with Gasteiger partial charge in [0.05, 0.1) is 19.9 Å². The number of Topliss-reactive ketones (excluding diaryl/α,β-unsaturated/α-hetero) is 1. The van der Waals surface area contributed by atoms with E-state index < -0.39 is 11.9 Å². The highest BCUT2D eigenvalue weighted by atomic mass is 16.5. The molecule has 0 bridgehead atoms. The van der Waals surface area contributed by atoms with Crippen molar-refractivity contribution < 1.29 is 23.9 Å². The van der Waals surface area contributed by atoms with E-state index in [-0.39, 0.29) is 36.6 Å². The molecule has 0 spiro atoms. The van der Waals surface area contributed by atoms with Gasteiger partial charge in [-0.2, -0.15) is 9.78 Å². The van der Waals surface area contributed by atoms with Gasteiger partial charge in [-0.05, 0) is 31.5 Å². The number of benzene rings is 2. The molecular weight excluding hydrogens is 460 g/mol. The molecule has 1 amide bonds. The number of aryl methyl sites for hydroxylation is 1. The predicted molar refractivity (Wildman–Crippen MR) is 135 cm³/mol. The molecule has 0 radical (unpaired) electrons. The van der Waals surface area contributed by atoms with Crippen molar-refractivity contribution in [3.05, 3.63) is 77.5 Å². The number of pyridine rings is 1. The van der Waals surface area contributed by atoms with E-state index in [2.05, 4.69) is 10.4 Å². The van der Waals surface area contributed by atoms with Gasteiger partial charge in [0.1, 0.15) is 16.8 Å². The van der Waals surface area contributed by atoms with Crippen LogP contribution in [0.5, 0.6) is 5.75 Å². The first-order valence-electron chi connectivity index (χ1n) is 11.5. The Morgan fingerprint density at radius 3 is 2.53 bits per heavy atom. The number of hydrogen-bond donors (Lipinski definition) is 1. The summed E-state index contributed by atoms with van der Waals surface area (Å²) in [5.74, 6) is -0.136. The topological polar surface area (TPSA) is 112 Å². The lowest BCUT2D eigenvalue weighted by Crippen LogP contribution is -2.19. The lowest BCUT2D eigenvalue weighted by atomic mass is 10.1. The first kappa shape index (κ1) is 24.6. The monoisotopic (exact) mass is 486 g/mol. The van der Waals surface area contributed by atoms with E-state index in [0.29, 0.717) is 22.6 Å². The molecule has 0 unspecified atom stereocenters. The summed E-state index contributed by atoms with van der Waals surface area (Å²) < 4.78 is 12.0. The number of anilines is 1. The summed E-state index contributed by atoms with van der Waals surface area (Å²) in [5.41, 5.74) is 2.15. The van der Waals surface area contributed by atoms with Crippen LogP contribution in [0.3, 0.4) is 0 Å². The number of ether oxygens (including phenoxy) is 2. The summed E-state index contributed by atoms with van der Waals surface area (Å²) in [6.45, 7) is 3.78. The minimum Gasteiger partial charge on any atom is -0.494 e. The van der Waals surface area contributed by atoms with E-state index in [0.717, 1.165) is 10.9 Å². The van der Waals surface area contributed by atoms with Crippen LogP contribution in [0.25, 0.3) is 16.7 Å². The molecule has 0 aliphatic rings. The number of nitrogens with zero attached hydrogens (tertiary/aromatic N) is 3. The van der Waals surface area contributed by atoms with E-state index in [4.69, 9.17) is 14.5 Å². The molecule has 2 aromatic carbocycles. The zero-order valence-electron chi connectivity index (χ0n) is 20.3. The van der Waals surface area contributed by atoms with Gasteiger partial charge < -0.3 is 14.8 Å². The number of rotatable bonds is 9. The van der Waals surface area contributed by atoms with E-state index in [9.17, 15) is 14.4 Å². The minimum atomic E-state index is -0.630. The van der Waals surface area contributed by atoms with Crippen molar-refractivity contribution in [1.82, 2.24) is 14.8 Å². The highest BCUT2D eigenvalue weighted by Crippen LogP contribution is 2.29. The summed E-state index contributed by atoms with van der Waals surface area (Å²) in [5, 5.41) is 7.96. The van der Waals surface area contributed by atoms with Gasteiger partial charge in [-0.15, -0.1) is 0 Å². The second kappa shape index (κ2) is 10.8. The molecule has 184 valence electrons. The fourth-order valence-electron chi connectivity index (χ4n) is 3.84. The molecule has 0 fully saturated rings. The quantitative estimate of drug-likeness (QED) is 0.273. The molecule has 9 heteroatoms. The molecule has 0 aliphatic carbocycles. The number of amides is 1. The van der Waals surface area contributed by atoms with Crippen molar-refractivity contribution in [1.29, 1.82) is 0 Å². The van der Waals surface area contributed by atoms with Gasteiger partial charge in [0.25, 0.3) is 0 Å². The van der Waals surface area contributed by atoms with Gasteiger partial charge in [-0.1, -0.05) is 42.5 Å². The van der Waals surface area contributed by atoms with Gasteiger partial charge >= 0.3 is 5.97 Å². The number of fused-ring (bicyclic) bond motifs is 1. The van der Waals surface area contributed by atoms with Crippen LogP contribution in [0.2, 0.25) is 0 Å². The van der Waals surface area contributed by atoms with Crippen LogP contribution in [-0.4, -0.2) is 46.1 Å². The maximum absolute atomic E-state index is 12.8. The molecule has 36 heavy (non-hydrogen) atoms. The van der Waals surface area contributed by atoms with E-state index in [1.807, 2.05) is 25.1 Å². The number of methoxy groups -OCH3 is 1. The fraction of sp³-hybridized carbons (Fsp3) is 0.222. The van der Waals surface area contributed by atoms with Crippen LogP contribution < -0.4 is 10.1 Å². The van der Waals surface area contributed by atoms with E-state index >= 15 is 0 Å². The Labute approximate surface area is 208 Å². The van der Waals surface area contributed by atoms with Gasteiger partial charge in [-0.25, -0.2) is 9.78 Å². The van der Waals surface area contributed by atoms with Crippen molar-refractivity contribution in [3.8, 4) is 11.6 Å². The van der Waals surface area contributed by atoms with Gasteiger partial charge in [0.15, 0.2) is 17.4 Å². The molecule has 4 aromatic rings. The Kier molecular flexibility index (Phi) is 7.39. The summed E-state index contributed by atoms with van der Waals surface area (Å²) in [6.07, 6.45) is 1.27. The van der Waals surface area contributed by atoms with Crippen molar-refractivity contribution >= 4 is 34.4 Å². The van der Waals surface area contributed by atoms with Crippen LogP contribution in [0.4, 0.5) is 5.82 Å². The number of carbonyl (C=O) groups is 3. The summed E-state index contributed by atoms with van der Waals surface area (Å²) >= 11 is 0. The van der Waals surface area contributed by atoms with Crippen LogP contribution in [0.1, 0.15) is 46.0 Å². The summed E-state index contributed by atoms with van der Waals surface area (Å²) in [4.78, 5) is 42.6. The third-order valence-corrected chi connectivity index (χ3v) is 5.63. The van der Waals surface area contributed by atoms with Crippen LogP contribution in [0, 0.1) is 6.92 Å². The standard InChI is InChI=1S/C27H26N4O5/c1-4-36-27(34)20-16-28-31(23-15-17(2)19-11-8-12-22(35-3)25(19)29-23)26(20)30-24(33)14-13-21(32)18-9-6-5-7-10-18/h5-12,15-16H,4,13-14H2,1-3H3,(H,30,33). The Morgan fingerprint density at radius 1 is 1.03 bits per heavy atom. The third-order valence-electron chi connectivity index (χ3n) is 5.63. The Morgan fingerprint density at radius 2 is 1.81 bits per heavy atom. The molecule has 9 nitrogen and oxygen atoms in total. The molecule has 0 saturated heterocycles. The lowest BCUT2D eigenvalue weighted by molar-refractivity contribution is -0.116. The molecular formula is C27H26N4O5. The molecule has 0 saturated carbocycles. The minimum absolute atomic E-state index is 0.0171. The van der Waals surface area contributed by atoms with Crippen LogP contribution in [-0.2, 0) is 9.53 Å². The normalized spacial score (nSPS) is 10.8. The average molecular weight is 487 g/mol. The average Bonchev–Trinajstić information content (AvgIpc) is 3.31. The predicted octanol–water partition coefficient (Wildman–Crippen LogP) is 4.52. The summed E-state index contributed by atoms with van der Waals surface area (Å²) in [7, 11) is 1.56. The summed E-state index contributed by atoms with van der Waals surface area (Å²) in [6, 6.07) is 16.2. The Hall–Kier alpha value is -4.53. The van der Waals surface area contributed by atoms with Crippen molar-refractivity contribution in [2.24, 2.45) is 0 Å². The van der Waals surface area contributed by atoms with E-state index in [1.165, 1.54) is 10.9 Å². The number of carbonyl (C=O) groups excluding carboxylic acids is 3. The zero-order chi connectivity index (χ0) is 25.7. The highest BCUT2D eigenvalue weighted by Gasteiger charge is 2.23. The number of ketones is 1. The Bertz CT molecular complexity index is 1430.